The molecule has 7 nitrogen and oxygen atoms in total. The van der Waals surface area contributed by atoms with Crippen LogP contribution in [0.2, 0.25) is 0 Å². The Labute approximate surface area is 144 Å². The third-order valence-corrected chi connectivity index (χ3v) is 3.50. The minimum atomic E-state index is -0.466. The van der Waals surface area contributed by atoms with Gasteiger partial charge < -0.3 is 15.5 Å². The highest BCUT2D eigenvalue weighted by Gasteiger charge is 2.08. The van der Waals surface area contributed by atoms with Crippen molar-refractivity contribution in [1.29, 1.82) is 0 Å². The number of rotatable bonds is 4. The zero-order valence-corrected chi connectivity index (χ0v) is 14.0. The molecule has 0 aliphatic rings. The molecule has 0 saturated carbocycles. The first-order valence-electron chi connectivity index (χ1n) is 7.03. The first-order valence-corrected chi connectivity index (χ1v) is 7.44. The molecule has 2 aromatic rings. The molecular weight excluding hydrogens is 328 g/mol. The van der Waals surface area contributed by atoms with E-state index in [9.17, 15) is 14.9 Å². The van der Waals surface area contributed by atoms with Crippen molar-refractivity contribution in [2.24, 2.45) is 0 Å². The van der Waals surface area contributed by atoms with Crippen LogP contribution < -0.4 is 15.5 Å². The number of amides is 1. The number of non-ortho nitro benzene ring substituents is 1. The van der Waals surface area contributed by atoms with Crippen molar-refractivity contribution >= 4 is 46.0 Å². The van der Waals surface area contributed by atoms with Crippen LogP contribution in [0.5, 0.6) is 0 Å². The topological polar surface area (TPSA) is 87.5 Å². The second-order valence-electron chi connectivity index (χ2n) is 5.01. The summed E-state index contributed by atoms with van der Waals surface area (Å²) in [5, 5.41) is 16.9. The number of nitrogens with zero attached hydrogens (tertiary/aromatic N) is 2. The Morgan fingerprint density at radius 1 is 1.12 bits per heavy atom. The van der Waals surface area contributed by atoms with Crippen molar-refractivity contribution in [1.82, 2.24) is 0 Å². The Hall–Kier alpha value is -3.00. The fourth-order valence-corrected chi connectivity index (χ4v) is 2.18. The van der Waals surface area contributed by atoms with Gasteiger partial charge in [0.25, 0.3) is 5.69 Å². The quantitative estimate of drug-likeness (QED) is 0.502. The molecule has 0 saturated heterocycles. The predicted molar refractivity (Wildman–Crippen MR) is 98.5 cm³/mol. The maximum absolute atomic E-state index is 11.3. The van der Waals surface area contributed by atoms with Crippen LogP contribution in [-0.4, -0.2) is 23.0 Å². The molecule has 0 unspecified atom stereocenters. The van der Waals surface area contributed by atoms with Crippen molar-refractivity contribution in [2.75, 3.05) is 22.6 Å². The lowest BCUT2D eigenvalue weighted by molar-refractivity contribution is -0.384. The van der Waals surface area contributed by atoms with Gasteiger partial charge in [-0.05, 0) is 42.5 Å². The Morgan fingerprint density at radius 2 is 1.75 bits per heavy atom. The second-order valence-corrected chi connectivity index (χ2v) is 5.42. The molecule has 1 amide bonds. The zero-order valence-electron chi connectivity index (χ0n) is 13.1. The number of thiocarbonyl (C=S) groups is 1. The van der Waals surface area contributed by atoms with Crippen LogP contribution in [0.25, 0.3) is 0 Å². The van der Waals surface area contributed by atoms with Crippen LogP contribution in [-0.2, 0) is 4.79 Å². The highest BCUT2D eigenvalue weighted by molar-refractivity contribution is 7.80. The second kappa shape index (κ2) is 7.51. The SMILES string of the molecule is CC(=O)N(C)c1ccc(NC(=S)Nc2cccc([N+](=O)[O-])c2)cc1. The molecular formula is C16H16N4O3S. The van der Waals surface area contributed by atoms with Crippen LogP contribution in [0, 0.1) is 10.1 Å². The predicted octanol–water partition coefficient (Wildman–Crippen LogP) is 3.39. The molecule has 0 aliphatic carbocycles. The molecule has 0 aliphatic heterocycles. The van der Waals surface area contributed by atoms with Crippen molar-refractivity contribution < 1.29 is 9.72 Å². The van der Waals surface area contributed by atoms with Gasteiger partial charge in [0.1, 0.15) is 0 Å². The molecule has 0 radical (unpaired) electrons. The molecule has 2 rings (SSSR count). The molecule has 0 spiro atoms. The van der Waals surface area contributed by atoms with Crippen LogP contribution >= 0.6 is 12.2 Å². The molecule has 2 aromatic carbocycles. The number of carbonyl (C=O) groups is 1. The number of anilines is 3. The van der Waals surface area contributed by atoms with E-state index in [-0.39, 0.29) is 11.6 Å². The molecule has 0 bridgehead atoms. The van der Waals surface area contributed by atoms with Gasteiger partial charge in [-0.15, -0.1) is 0 Å². The summed E-state index contributed by atoms with van der Waals surface area (Å²) in [6.07, 6.45) is 0. The van der Waals surface area contributed by atoms with Gasteiger partial charge >= 0.3 is 0 Å². The molecule has 8 heteroatoms. The number of benzene rings is 2. The summed E-state index contributed by atoms with van der Waals surface area (Å²) in [6, 6.07) is 13.2. The van der Waals surface area contributed by atoms with Crippen LogP contribution in [0.1, 0.15) is 6.92 Å². The van der Waals surface area contributed by atoms with Crippen molar-refractivity contribution in [3.63, 3.8) is 0 Å². The maximum Gasteiger partial charge on any atom is 0.271 e. The lowest BCUT2D eigenvalue weighted by Gasteiger charge is -2.16. The largest absolute Gasteiger partial charge is 0.332 e. The standard InChI is InChI=1S/C16H16N4O3S/c1-11(21)19(2)14-8-6-12(7-9-14)17-16(24)18-13-4-3-5-15(10-13)20(22)23/h3-10H,1-2H3,(H2,17,18,24). The average Bonchev–Trinajstić information content (AvgIpc) is 2.55. The van der Waals surface area contributed by atoms with Crippen molar-refractivity contribution in [2.45, 2.75) is 6.92 Å². The Kier molecular flexibility index (Phi) is 5.43. The molecule has 0 heterocycles. The summed E-state index contributed by atoms with van der Waals surface area (Å²) >= 11 is 5.20. The van der Waals surface area contributed by atoms with Gasteiger partial charge in [0.15, 0.2) is 5.11 Å². The summed E-state index contributed by atoms with van der Waals surface area (Å²) in [7, 11) is 1.69. The summed E-state index contributed by atoms with van der Waals surface area (Å²) in [5.41, 5.74) is 2.01. The third-order valence-electron chi connectivity index (χ3n) is 3.30. The smallest absolute Gasteiger partial charge is 0.271 e. The van der Waals surface area contributed by atoms with Gasteiger partial charge in [-0.1, -0.05) is 6.07 Å². The van der Waals surface area contributed by atoms with Gasteiger partial charge in [-0.2, -0.15) is 0 Å². The monoisotopic (exact) mass is 344 g/mol. The lowest BCUT2D eigenvalue weighted by Crippen LogP contribution is -2.23. The Morgan fingerprint density at radius 3 is 2.33 bits per heavy atom. The van der Waals surface area contributed by atoms with E-state index in [0.29, 0.717) is 10.8 Å². The maximum atomic E-state index is 11.3. The summed E-state index contributed by atoms with van der Waals surface area (Å²) in [4.78, 5) is 23.1. The van der Waals surface area contributed by atoms with E-state index < -0.39 is 4.92 Å². The van der Waals surface area contributed by atoms with E-state index in [2.05, 4.69) is 10.6 Å². The highest BCUT2D eigenvalue weighted by atomic mass is 32.1. The van der Waals surface area contributed by atoms with Gasteiger partial charge in [-0.25, -0.2) is 0 Å². The fourth-order valence-electron chi connectivity index (χ4n) is 1.94. The molecule has 124 valence electrons. The molecule has 0 fully saturated rings. The van der Waals surface area contributed by atoms with E-state index in [1.165, 1.54) is 24.0 Å². The Bertz CT molecular complexity index is 777. The molecule has 0 aromatic heterocycles. The normalized spacial score (nSPS) is 9.92. The molecule has 0 atom stereocenters. The van der Waals surface area contributed by atoms with E-state index in [1.54, 1.807) is 43.4 Å². The van der Waals surface area contributed by atoms with E-state index in [4.69, 9.17) is 12.2 Å². The minimum absolute atomic E-state index is 0.0144. The first kappa shape index (κ1) is 17.4. The van der Waals surface area contributed by atoms with Crippen LogP contribution in [0.4, 0.5) is 22.7 Å². The number of nitro groups is 1. The first-order chi connectivity index (χ1) is 11.4. The number of nitrogens with one attached hydrogen (secondary N) is 2. The number of nitro benzene ring substituents is 1. The molecule has 2 N–H and O–H groups in total. The van der Waals surface area contributed by atoms with Gasteiger partial charge in [-0.3, -0.25) is 14.9 Å². The van der Waals surface area contributed by atoms with E-state index in [0.717, 1.165) is 11.4 Å². The van der Waals surface area contributed by atoms with E-state index in [1.807, 2.05) is 0 Å². The van der Waals surface area contributed by atoms with Crippen LogP contribution in [0.15, 0.2) is 48.5 Å². The highest BCUT2D eigenvalue weighted by Crippen LogP contribution is 2.19. The van der Waals surface area contributed by atoms with Crippen molar-refractivity contribution in [3.8, 4) is 0 Å². The summed E-state index contributed by atoms with van der Waals surface area (Å²) in [5.74, 6) is -0.0569. The Balaban J connectivity index is 2.01. The van der Waals surface area contributed by atoms with Crippen LogP contribution in [0.3, 0.4) is 0 Å². The van der Waals surface area contributed by atoms with Gasteiger partial charge in [0.05, 0.1) is 4.92 Å². The van der Waals surface area contributed by atoms with Gasteiger partial charge in [0, 0.05) is 43.2 Å². The number of hydrogen-bond donors (Lipinski definition) is 2. The fraction of sp³-hybridized carbons (Fsp3) is 0.125. The summed E-state index contributed by atoms with van der Waals surface area (Å²) < 4.78 is 0. The number of hydrogen-bond acceptors (Lipinski definition) is 4. The van der Waals surface area contributed by atoms with Gasteiger partial charge in [0.2, 0.25) is 5.91 Å². The molecule has 24 heavy (non-hydrogen) atoms. The van der Waals surface area contributed by atoms with Crippen molar-refractivity contribution in [3.05, 3.63) is 58.6 Å². The summed E-state index contributed by atoms with van der Waals surface area (Å²) in [6.45, 7) is 1.49. The third kappa shape index (κ3) is 4.50. The zero-order chi connectivity index (χ0) is 17.7. The number of carbonyl (C=O) groups excluding carboxylic acids is 1. The average molecular weight is 344 g/mol. The van der Waals surface area contributed by atoms with E-state index >= 15 is 0 Å². The lowest BCUT2D eigenvalue weighted by atomic mass is 10.2. The minimum Gasteiger partial charge on any atom is -0.332 e.